The quantitative estimate of drug-likeness (QED) is 0.266. The van der Waals surface area contributed by atoms with Crippen LogP contribution in [0.3, 0.4) is 0 Å². The zero-order valence-corrected chi connectivity index (χ0v) is 17.8. The number of rotatable bonds is 9. The Morgan fingerprint density at radius 3 is 2.26 bits per heavy atom. The van der Waals surface area contributed by atoms with Gasteiger partial charge in [-0.05, 0) is 43.5 Å². The first-order valence-electron chi connectivity index (χ1n) is 10.2. The summed E-state index contributed by atoms with van der Waals surface area (Å²) in [7, 11) is 1.55. The molecule has 0 N–H and O–H groups in total. The van der Waals surface area contributed by atoms with Gasteiger partial charge in [0.05, 0.1) is 16.7 Å². The molecule has 7 nitrogen and oxygen atoms in total. The number of hydrogen-bond donors (Lipinski definition) is 0. The fourth-order valence-electron chi connectivity index (χ4n) is 3.41. The molecule has 2 amide bonds. The molecular formula is C24H25NO6. The minimum Gasteiger partial charge on any atom is -0.451 e. The molecule has 2 aromatic rings. The Hall–Kier alpha value is -3.32. The minimum atomic E-state index is -0.990. The summed E-state index contributed by atoms with van der Waals surface area (Å²) in [5.41, 5.74) is 2.08. The van der Waals surface area contributed by atoms with E-state index < -0.39 is 23.9 Å². The second kappa shape index (κ2) is 9.66. The summed E-state index contributed by atoms with van der Waals surface area (Å²) in [6, 6.07) is 11.4. The number of methoxy groups -OCH3 is 1. The Morgan fingerprint density at radius 2 is 1.61 bits per heavy atom. The van der Waals surface area contributed by atoms with E-state index in [9.17, 15) is 19.2 Å². The number of carbonyl (C=O) groups is 4. The molecule has 7 heteroatoms. The van der Waals surface area contributed by atoms with Crippen molar-refractivity contribution in [3.8, 4) is 0 Å². The number of nitrogens with zero attached hydrogens (tertiary/aromatic N) is 1. The molecule has 31 heavy (non-hydrogen) atoms. The zero-order valence-electron chi connectivity index (χ0n) is 17.8. The first-order chi connectivity index (χ1) is 14.9. The molecule has 0 radical (unpaired) electrons. The Bertz CT molecular complexity index is 1010. The summed E-state index contributed by atoms with van der Waals surface area (Å²) in [4.78, 5) is 51.3. The van der Waals surface area contributed by atoms with Crippen LogP contribution in [-0.4, -0.2) is 54.8 Å². The van der Waals surface area contributed by atoms with Crippen LogP contribution >= 0.6 is 0 Å². The highest BCUT2D eigenvalue weighted by molar-refractivity contribution is 6.22. The summed E-state index contributed by atoms with van der Waals surface area (Å²) in [5.74, 6) is -1.89. The summed E-state index contributed by atoms with van der Waals surface area (Å²) in [6.45, 7) is 4.20. The van der Waals surface area contributed by atoms with E-state index in [1.807, 2.05) is 19.1 Å². The van der Waals surface area contributed by atoms with Gasteiger partial charge in [0, 0.05) is 25.8 Å². The molecular weight excluding hydrogens is 398 g/mol. The van der Waals surface area contributed by atoms with Crippen molar-refractivity contribution in [2.75, 3.05) is 20.3 Å². The molecule has 162 valence electrons. The van der Waals surface area contributed by atoms with Crippen molar-refractivity contribution in [3.63, 3.8) is 0 Å². The summed E-state index contributed by atoms with van der Waals surface area (Å²) < 4.78 is 10.3. The predicted octanol–water partition coefficient (Wildman–Crippen LogP) is 3.31. The molecule has 1 aliphatic rings. The van der Waals surface area contributed by atoms with Gasteiger partial charge in [-0.3, -0.25) is 19.3 Å². The maximum Gasteiger partial charge on any atom is 0.338 e. The number of Topliss-reactive ketones (excluding diaryl/α,β-unsaturated/α-hetero) is 1. The SMILES string of the molecule is CCc1ccc(C(=O)C(C)OC(=O)c2ccc3c(c2)C(=O)N(CCCOC)C3=O)cc1. The molecule has 1 aliphatic heterocycles. The average Bonchev–Trinajstić information content (AvgIpc) is 3.03. The maximum absolute atomic E-state index is 12.6. The minimum absolute atomic E-state index is 0.111. The Kier molecular flexibility index (Phi) is 6.97. The largest absolute Gasteiger partial charge is 0.451 e. The number of amides is 2. The van der Waals surface area contributed by atoms with Crippen LogP contribution in [0.5, 0.6) is 0 Å². The van der Waals surface area contributed by atoms with Crippen molar-refractivity contribution < 1.29 is 28.7 Å². The van der Waals surface area contributed by atoms with Crippen molar-refractivity contribution in [1.29, 1.82) is 0 Å². The van der Waals surface area contributed by atoms with Crippen LogP contribution in [0.2, 0.25) is 0 Å². The fraction of sp³-hybridized carbons (Fsp3) is 0.333. The van der Waals surface area contributed by atoms with Gasteiger partial charge >= 0.3 is 5.97 Å². The topological polar surface area (TPSA) is 90.0 Å². The van der Waals surface area contributed by atoms with Crippen LogP contribution < -0.4 is 0 Å². The normalized spacial score (nSPS) is 13.8. The van der Waals surface area contributed by atoms with E-state index >= 15 is 0 Å². The molecule has 1 unspecified atom stereocenters. The second-order valence-electron chi connectivity index (χ2n) is 7.33. The molecule has 1 atom stereocenters. The van der Waals surface area contributed by atoms with Crippen LogP contribution in [-0.2, 0) is 15.9 Å². The van der Waals surface area contributed by atoms with Gasteiger partial charge in [-0.25, -0.2) is 4.79 Å². The van der Waals surface area contributed by atoms with Crippen molar-refractivity contribution in [2.45, 2.75) is 32.8 Å². The van der Waals surface area contributed by atoms with Gasteiger partial charge in [-0.2, -0.15) is 0 Å². The van der Waals surface area contributed by atoms with Crippen LogP contribution in [0.1, 0.15) is 67.3 Å². The predicted molar refractivity (Wildman–Crippen MR) is 113 cm³/mol. The number of imide groups is 1. The smallest absolute Gasteiger partial charge is 0.338 e. The lowest BCUT2D eigenvalue weighted by atomic mass is 10.0. The molecule has 3 rings (SSSR count). The van der Waals surface area contributed by atoms with Gasteiger partial charge in [0.25, 0.3) is 11.8 Å². The number of hydrogen-bond acceptors (Lipinski definition) is 6. The van der Waals surface area contributed by atoms with E-state index in [1.54, 1.807) is 19.2 Å². The molecule has 0 aromatic heterocycles. The van der Waals surface area contributed by atoms with Crippen LogP contribution in [0, 0.1) is 0 Å². The summed E-state index contributed by atoms with van der Waals surface area (Å²) >= 11 is 0. The highest BCUT2D eigenvalue weighted by Gasteiger charge is 2.36. The van der Waals surface area contributed by atoms with Gasteiger partial charge in [-0.15, -0.1) is 0 Å². The number of aryl methyl sites for hydroxylation is 1. The number of ether oxygens (including phenoxy) is 2. The zero-order chi connectivity index (χ0) is 22.5. The van der Waals surface area contributed by atoms with Crippen molar-refractivity contribution in [3.05, 3.63) is 70.3 Å². The second-order valence-corrected chi connectivity index (χ2v) is 7.33. The Morgan fingerprint density at radius 1 is 0.968 bits per heavy atom. The van der Waals surface area contributed by atoms with Crippen LogP contribution in [0.15, 0.2) is 42.5 Å². The van der Waals surface area contributed by atoms with E-state index in [4.69, 9.17) is 9.47 Å². The molecule has 1 heterocycles. The first-order valence-corrected chi connectivity index (χ1v) is 10.2. The highest BCUT2D eigenvalue weighted by Crippen LogP contribution is 2.25. The number of esters is 1. The lowest BCUT2D eigenvalue weighted by molar-refractivity contribution is 0.0318. The van der Waals surface area contributed by atoms with Gasteiger partial charge < -0.3 is 9.47 Å². The lowest BCUT2D eigenvalue weighted by Crippen LogP contribution is -2.31. The van der Waals surface area contributed by atoms with E-state index in [-0.39, 0.29) is 29.0 Å². The first kappa shape index (κ1) is 22.4. The molecule has 0 aliphatic carbocycles. The Balaban J connectivity index is 1.70. The average molecular weight is 423 g/mol. The number of carbonyl (C=O) groups excluding carboxylic acids is 4. The van der Waals surface area contributed by atoms with Crippen molar-refractivity contribution in [1.82, 2.24) is 4.90 Å². The van der Waals surface area contributed by atoms with Crippen molar-refractivity contribution in [2.24, 2.45) is 0 Å². The third-order valence-electron chi connectivity index (χ3n) is 5.24. The molecule has 0 spiro atoms. The highest BCUT2D eigenvalue weighted by atomic mass is 16.5. The molecule has 2 aromatic carbocycles. The van der Waals surface area contributed by atoms with Crippen LogP contribution in [0.4, 0.5) is 0 Å². The molecule has 0 saturated heterocycles. The third kappa shape index (κ3) is 4.72. The number of ketones is 1. The standard InChI is InChI=1S/C24H25NO6/c1-4-16-6-8-17(9-7-16)21(26)15(2)31-24(29)18-10-11-19-20(14-18)23(28)25(22(19)27)12-5-13-30-3/h6-11,14-15H,4-5,12-13H2,1-3H3. The lowest BCUT2D eigenvalue weighted by Gasteiger charge is -2.13. The van der Waals surface area contributed by atoms with E-state index in [1.165, 1.54) is 25.1 Å². The maximum atomic E-state index is 12.6. The van der Waals surface area contributed by atoms with Gasteiger partial charge in [0.1, 0.15) is 0 Å². The van der Waals surface area contributed by atoms with Crippen LogP contribution in [0.25, 0.3) is 0 Å². The van der Waals surface area contributed by atoms with Gasteiger partial charge in [0.15, 0.2) is 6.10 Å². The van der Waals surface area contributed by atoms with E-state index in [2.05, 4.69) is 0 Å². The van der Waals surface area contributed by atoms with Crippen molar-refractivity contribution >= 4 is 23.6 Å². The van der Waals surface area contributed by atoms with E-state index in [0.717, 1.165) is 16.9 Å². The summed E-state index contributed by atoms with van der Waals surface area (Å²) in [5, 5.41) is 0. The third-order valence-corrected chi connectivity index (χ3v) is 5.24. The molecule has 0 fully saturated rings. The molecule has 0 saturated carbocycles. The number of benzene rings is 2. The van der Waals surface area contributed by atoms with Gasteiger partial charge in [-0.1, -0.05) is 31.2 Å². The molecule has 0 bridgehead atoms. The fourth-order valence-corrected chi connectivity index (χ4v) is 3.41. The summed E-state index contributed by atoms with van der Waals surface area (Å²) in [6.07, 6.45) is 0.397. The van der Waals surface area contributed by atoms with E-state index in [0.29, 0.717) is 18.6 Å². The monoisotopic (exact) mass is 423 g/mol. The van der Waals surface area contributed by atoms with Gasteiger partial charge in [0.2, 0.25) is 5.78 Å². The Labute approximate surface area is 180 Å². The number of fused-ring (bicyclic) bond motifs is 1.